The van der Waals surface area contributed by atoms with Crippen LogP contribution in [0.4, 0.5) is 34.1 Å². The molecular weight excluding hydrogens is 773 g/mol. The van der Waals surface area contributed by atoms with E-state index in [1.807, 2.05) is 0 Å². The third kappa shape index (κ3) is 8.13. The van der Waals surface area contributed by atoms with Gasteiger partial charge in [0.15, 0.2) is 0 Å². The zero-order valence-electron chi connectivity index (χ0n) is 36.1. The fourth-order valence-corrected chi connectivity index (χ4v) is 8.96. The van der Waals surface area contributed by atoms with Crippen LogP contribution in [0.5, 0.6) is 0 Å². The lowest BCUT2D eigenvalue weighted by molar-refractivity contribution is 1.24. The van der Waals surface area contributed by atoms with E-state index in [1.165, 1.54) is 66.8 Å². The van der Waals surface area contributed by atoms with Gasteiger partial charge in [-0.3, -0.25) is 0 Å². The molecule has 0 saturated carbocycles. The van der Waals surface area contributed by atoms with E-state index in [1.54, 1.807) is 0 Å². The summed E-state index contributed by atoms with van der Waals surface area (Å²) in [7, 11) is 0. The van der Waals surface area contributed by atoms with Crippen LogP contribution in [0.25, 0.3) is 55.6 Å². The third-order valence-corrected chi connectivity index (χ3v) is 12.1. The Balaban J connectivity index is 1.07. The van der Waals surface area contributed by atoms with Gasteiger partial charge in [-0.1, -0.05) is 194 Å². The Morgan fingerprint density at radius 1 is 0.219 bits per heavy atom. The van der Waals surface area contributed by atoms with Crippen LogP contribution in [0, 0.1) is 13.8 Å². The molecule has 0 aliphatic heterocycles. The molecule has 306 valence electrons. The van der Waals surface area contributed by atoms with Gasteiger partial charge in [-0.05, 0) is 130 Å². The van der Waals surface area contributed by atoms with Crippen molar-refractivity contribution in [2.24, 2.45) is 0 Å². The van der Waals surface area contributed by atoms with E-state index in [0.717, 1.165) is 34.1 Å². The van der Waals surface area contributed by atoms with Crippen molar-refractivity contribution < 1.29 is 0 Å². The Kier molecular flexibility index (Phi) is 11.2. The lowest BCUT2D eigenvalue weighted by atomic mass is 9.96. The highest BCUT2D eigenvalue weighted by Crippen LogP contribution is 2.46. The van der Waals surface area contributed by atoms with Crippen LogP contribution in [-0.4, -0.2) is 0 Å². The number of para-hydroxylation sites is 2. The molecule has 10 aromatic carbocycles. The van der Waals surface area contributed by atoms with E-state index in [-0.39, 0.29) is 0 Å². The minimum absolute atomic E-state index is 1.10. The SMILES string of the molecule is Cc1cc(-c2ccc(N(c3cccc(-c4ccccc4)c3)c3ccccc3-c3ccccc3)c(C)c2)ccc1N(c1cccc(-c2ccccc2)c1)c1ccccc1-c1ccccc1. The highest BCUT2D eigenvalue weighted by atomic mass is 15.2. The van der Waals surface area contributed by atoms with Crippen molar-refractivity contribution in [3.05, 3.63) is 266 Å². The number of aryl methyl sites for hydroxylation is 2. The summed E-state index contributed by atoms with van der Waals surface area (Å²) in [6.07, 6.45) is 0. The van der Waals surface area contributed by atoms with Crippen molar-refractivity contribution in [1.82, 2.24) is 0 Å². The largest absolute Gasteiger partial charge is 0.310 e. The molecule has 0 bridgehead atoms. The molecule has 0 fully saturated rings. The first kappa shape index (κ1) is 39.9. The van der Waals surface area contributed by atoms with Crippen LogP contribution < -0.4 is 9.80 Å². The van der Waals surface area contributed by atoms with Crippen molar-refractivity contribution in [3.63, 3.8) is 0 Å². The van der Waals surface area contributed by atoms with Crippen LogP contribution >= 0.6 is 0 Å². The Labute approximate surface area is 377 Å². The van der Waals surface area contributed by atoms with Gasteiger partial charge in [0.25, 0.3) is 0 Å². The van der Waals surface area contributed by atoms with E-state index < -0.39 is 0 Å². The minimum atomic E-state index is 1.10. The van der Waals surface area contributed by atoms with Crippen molar-refractivity contribution in [2.75, 3.05) is 9.80 Å². The Hall–Kier alpha value is -8.20. The van der Waals surface area contributed by atoms with Gasteiger partial charge in [0.2, 0.25) is 0 Å². The Morgan fingerprint density at radius 2 is 0.531 bits per heavy atom. The molecule has 0 aliphatic rings. The molecular formula is C62H48N2. The Bertz CT molecular complexity index is 2960. The predicted octanol–water partition coefficient (Wildman–Crippen LogP) is 17.6. The molecule has 0 spiro atoms. The third-order valence-electron chi connectivity index (χ3n) is 12.1. The predicted molar refractivity (Wildman–Crippen MR) is 272 cm³/mol. The fraction of sp³-hybridized carbons (Fsp3) is 0.0323. The van der Waals surface area contributed by atoms with Gasteiger partial charge in [0, 0.05) is 33.9 Å². The Morgan fingerprint density at radius 3 is 0.906 bits per heavy atom. The van der Waals surface area contributed by atoms with Gasteiger partial charge in [0.1, 0.15) is 0 Å². The van der Waals surface area contributed by atoms with Gasteiger partial charge in [-0.15, -0.1) is 0 Å². The minimum Gasteiger partial charge on any atom is -0.310 e. The van der Waals surface area contributed by atoms with Gasteiger partial charge >= 0.3 is 0 Å². The fourth-order valence-electron chi connectivity index (χ4n) is 8.96. The van der Waals surface area contributed by atoms with Crippen LogP contribution in [0.2, 0.25) is 0 Å². The van der Waals surface area contributed by atoms with Crippen molar-refractivity contribution in [2.45, 2.75) is 13.8 Å². The smallest absolute Gasteiger partial charge is 0.0540 e. The van der Waals surface area contributed by atoms with Crippen LogP contribution in [0.15, 0.2) is 255 Å². The van der Waals surface area contributed by atoms with Crippen molar-refractivity contribution in [3.8, 4) is 55.6 Å². The molecule has 0 amide bonds. The summed E-state index contributed by atoms with van der Waals surface area (Å²) in [5, 5.41) is 0. The molecule has 0 radical (unpaired) electrons. The molecule has 10 rings (SSSR count). The highest BCUT2D eigenvalue weighted by molar-refractivity contribution is 5.92. The first-order valence-corrected chi connectivity index (χ1v) is 22.0. The average Bonchev–Trinajstić information content (AvgIpc) is 3.37. The number of rotatable bonds is 11. The molecule has 0 unspecified atom stereocenters. The summed E-state index contributed by atoms with van der Waals surface area (Å²) in [6.45, 7) is 4.47. The van der Waals surface area contributed by atoms with Crippen LogP contribution in [0.3, 0.4) is 0 Å². The highest BCUT2D eigenvalue weighted by Gasteiger charge is 2.22. The maximum Gasteiger partial charge on any atom is 0.0540 e. The van der Waals surface area contributed by atoms with Gasteiger partial charge in [0.05, 0.1) is 11.4 Å². The number of benzene rings is 10. The molecule has 64 heavy (non-hydrogen) atoms. The summed E-state index contributed by atoms with van der Waals surface area (Å²) in [5.74, 6) is 0. The maximum atomic E-state index is 2.42. The molecule has 2 heteroatoms. The van der Waals surface area contributed by atoms with E-state index in [4.69, 9.17) is 0 Å². The van der Waals surface area contributed by atoms with Crippen LogP contribution in [-0.2, 0) is 0 Å². The molecule has 0 heterocycles. The number of hydrogen-bond donors (Lipinski definition) is 0. The monoisotopic (exact) mass is 820 g/mol. The van der Waals surface area contributed by atoms with Crippen LogP contribution in [0.1, 0.15) is 11.1 Å². The first-order chi connectivity index (χ1) is 31.6. The van der Waals surface area contributed by atoms with E-state index in [2.05, 4.69) is 278 Å². The normalized spacial score (nSPS) is 11.0. The number of anilines is 6. The lowest BCUT2D eigenvalue weighted by Crippen LogP contribution is -2.13. The molecule has 0 aliphatic carbocycles. The quantitative estimate of drug-likeness (QED) is 0.128. The summed E-state index contributed by atoms with van der Waals surface area (Å²) in [4.78, 5) is 4.85. The van der Waals surface area contributed by atoms with E-state index in [0.29, 0.717) is 0 Å². The van der Waals surface area contributed by atoms with Gasteiger partial charge in [-0.25, -0.2) is 0 Å². The molecule has 0 N–H and O–H groups in total. The topological polar surface area (TPSA) is 6.48 Å². The second-order valence-electron chi connectivity index (χ2n) is 16.3. The zero-order valence-corrected chi connectivity index (χ0v) is 36.1. The zero-order chi connectivity index (χ0) is 43.2. The number of hydrogen-bond acceptors (Lipinski definition) is 2. The standard InChI is InChI=1S/C62H48N2/c1-45-41-53(37-39-59(45)63(55-31-19-29-51(43-55)47-21-7-3-8-22-47)61-35-17-15-33-57(61)49-25-11-5-12-26-49)54-38-40-60(46(2)42-54)64(56-32-20-30-52(44-56)48-23-9-4-10-24-48)62-36-18-16-34-58(62)50-27-13-6-14-28-50/h3-44H,1-2H3. The second kappa shape index (κ2) is 18.0. The van der Waals surface area contributed by atoms with E-state index >= 15 is 0 Å². The van der Waals surface area contributed by atoms with E-state index in [9.17, 15) is 0 Å². The van der Waals surface area contributed by atoms with Crippen molar-refractivity contribution >= 4 is 34.1 Å². The number of nitrogens with zero attached hydrogens (tertiary/aromatic N) is 2. The molecule has 0 saturated heterocycles. The lowest BCUT2D eigenvalue weighted by Gasteiger charge is -2.30. The summed E-state index contributed by atoms with van der Waals surface area (Å²) >= 11 is 0. The summed E-state index contributed by atoms with van der Waals surface area (Å²) in [6, 6.07) is 91.8. The molecule has 0 aromatic heterocycles. The molecule has 0 atom stereocenters. The van der Waals surface area contributed by atoms with Gasteiger partial charge in [-0.2, -0.15) is 0 Å². The average molecular weight is 821 g/mol. The van der Waals surface area contributed by atoms with Gasteiger partial charge < -0.3 is 9.80 Å². The summed E-state index contributed by atoms with van der Waals surface area (Å²) in [5.41, 5.74) is 20.9. The molecule has 2 nitrogen and oxygen atoms in total. The van der Waals surface area contributed by atoms with Crippen molar-refractivity contribution in [1.29, 1.82) is 0 Å². The maximum absolute atomic E-state index is 2.42. The first-order valence-electron chi connectivity index (χ1n) is 22.0. The molecule has 10 aromatic rings. The second-order valence-corrected chi connectivity index (χ2v) is 16.3. The summed E-state index contributed by atoms with van der Waals surface area (Å²) < 4.78 is 0.